The van der Waals surface area contributed by atoms with Crippen molar-refractivity contribution in [1.29, 1.82) is 0 Å². The third kappa shape index (κ3) is 6.68. The van der Waals surface area contributed by atoms with E-state index in [2.05, 4.69) is 4.99 Å². The van der Waals surface area contributed by atoms with Gasteiger partial charge in [0, 0.05) is 25.7 Å². The largest absolute Gasteiger partial charge is 0.529 e. The third-order valence-electron chi connectivity index (χ3n) is 5.43. The van der Waals surface area contributed by atoms with Crippen LogP contribution in [0.3, 0.4) is 0 Å². The average Bonchev–Trinajstić information content (AvgIpc) is 3.27. The molecule has 2 aromatic rings. The van der Waals surface area contributed by atoms with E-state index in [0.717, 1.165) is 0 Å². The van der Waals surface area contributed by atoms with Gasteiger partial charge in [0.2, 0.25) is 5.84 Å². The van der Waals surface area contributed by atoms with Gasteiger partial charge in [-0.05, 0) is 50.6 Å². The molecule has 1 aliphatic rings. The predicted molar refractivity (Wildman–Crippen MR) is 142 cm³/mol. The Morgan fingerprint density at radius 3 is 2.38 bits per heavy atom. The number of alkyl halides is 2. The van der Waals surface area contributed by atoms with Gasteiger partial charge in [0.05, 0.1) is 18.2 Å². The zero-order valence-corrected chi connectivity index (χ0v) is 22.4. The van der Waals surface area contributed by atoms with E-state index < -0.39 is 33.1 Å². The summed E-state index contributed by atoms with van der Waals surface area (Å²) in [7, 11) is 1.58. The molecule has 11 heteroatoms. The quantitative estimate of drug-likeness (QED) is 0.183. The number of amidine groups is 1. The minimum absolute atomic E-state index is 0.185. The van der Waals surface area contributed by atoms with Crippen molar-refractivity contribution >= 4 is 52.9 Å². The first-order valence-corrected chi connectivity index (χ1v) is 12.2. The standard InChI is InChI=1S/C26H27Cl2N3O6/c1-26(2,3)37-24(33)30(4)14-12-21-29-13-15-31(21,25(34)35)19-8-10-20(11-9-19)36-23(32)18-7-5-6-17(16-18)22(27)28/h5-11,13,15-16,22H,12,14H2,1-4H3/p+1. The van der Waals surface area contributed by atoms with Gasteiger partial charge in [0.1, 0.15) is 22.4 Å². The number of amides is 2. The van der Waals surface area contributed by atoms with Gasteiger partial charge < -0.3 is 19.5 Å². The van der Waals surface area contributed by atoms with Crippen LogP contribution in [0.15, 0.2) is 65.9 Å². The molecule has 2 amide bonds. The second-order valence-corrected chi connectivity index (χ2v) is 10.4. The van der Waals surface area contributed by atoms with E-state index in [1.165, 1.54) is 35.5 Å². The molecule has 1 aliphatic heterocycles. The van der Waals surface area contributed by atoms with E-state index in [1.54, 1.807) is 58.2 Å². The van der Waals surface area contributed by atoms with Crippen molar-refractivity contribution in [3.05, 3.63) is 72.1 Å². The van der Waals surface area contributed by atoms with Gasteiger partial charge in [-0.2, -0.15) is 4.79 Å². The maximum Gasteiger partial charge on any atom is 0.529 e. The van der Waals surface area contributed by atoms with Crippen molar-refractivity contribution in [2.75, 3.05) is 13.6 Å². The summed E-state index contributed by atoms with van der Waals surface area (Å²) in [5.74, 6) is -0.0808. The van der Waals surface area contributed by atoms with Crippen molar-refractivity contribution in [2.24, 2.45) is 4.99 Å². The topological polar surface area (TPSA) is 106 Å². The molecule has 0 saturated carbocycles. The summed E-state index contributed by atoms with van der Waals surface area (Å²) < 4.78 is 10.1. The fourth-order valence-electron chi connectivity index (χ4n) is 3.57. The summed E-state index contributed by atoms with van der Waals surface area (Å²) >= 11 is 11.7. The van der Waals surface area contributed by atoms with Crippen molar-refractivity contribution in [2.45, 2.75) is 37.6 Å². The Kier molecular flexibility index (Phi) is 8.63. The Bertz CT molecular complexity index is 1240. The van der Waals surface area contributed by atoms with Crippen LogP contribution in [0.25, 0.3) is 0 Å². The number of nitrogens with zero attached hydrogens (tertiary/aromatic N) is 3. The Hall–Kier alpha value is -3.40. The molecule has 2 aromatic carbocycles. The lowest BCUT2D eigenvalue weighted by atomic mass is 10.1. The summed E-state index contributed by atoms with van der Waals surface area (Å²) in [4.78, 5) is 42.2. The minimum atomic E-state index is -1.18. The number of benzene rings is 2. The van der Waals surface area contributed by atoms with Crippen LogP contribution in [0.4, 0.5) is 15.3 Å². The first-order chi connectivity index (χ1) is 17.3. The predicted octanol–water partition coefficient (Wildman–Crippen LogP) is 6.51. The number of rotatable bonds is 7. The third-order valence-corrected chi connectivity index (χ3v) is 5.93. The number of halogens is 2. The fraction of sp³-hybridized carbons (Fsp3) is 0.308. The molecule has 0 aliphatic carbocycles. The Morgan fingerprint density at radius 2 is 1.78 bits per heavy atom. The number of hydrogen-bond donors (Lipinski definition) is 1. The highest BCUT2D eigenvalue weighted by Crippen LogP contribution is 2.32. The van der Waals surface area contributed by atoms with Gasteiger partial charge in [-0.15, -0.1) is 27.7 Å². The second kappa shape index (κ2) is 11.3. The number of carbonyl (C=O) groups excluding carboxylic acids is 2. The van der Waals surface area contributed by atoms with Crippen LogP contribution in [0.5, 0.6) is 5.75 Å². The molecule has 1 N–H and O–H groups in total. The highest BCUT2D eigenvalue weighted by atomic mass is 35.5. The Balaban J connectivity index is 1.75. The molecular weight excluding hydrogens is 521 g/mol. The number of aliphatic imine (C=N–C) groups is 1. The molecule has 1 heterocycles. The SMILES string of the molecule is CN(CCC1=NC=C[N+]1(C(=O)O)c1ccc(OC(=O)c2cccc(C(Cl)Cl)c2)cc1)C(=O)OC(C)(C)C. The van der Waals surface area contributed by atoms with Crippen molar-refractivity contribution in [3.63, 3.8) is 0 Å². The molecule has 0 fully saturated rings. The monoisotopic (exact) mass is 548 g/mol. The van der Waals surface area contributed by atoms with Crippen molar-refractivity contribution in [3.8, 4) is 5.75 Å². The molecule has 196 valence electrons. The first-order valence-electron chi connectivity index (χ1n) is 11.4. The molecule has 0 saturated heterocycles. The molecule has 0 spiro atoms. The van der Waals surface area contributed by atoms with Gasteiger partial charge in [0.15, 0.2) is 5.69 Å². The maximum atomic E-state index is 12.6. The van der Waals surface area contributed by atoms with Crippen LogP contribution in [0.2, 0.25) is 0 Å². The molecular formula is C26H28Cl2N3O6+. The molecule has 37 heavy (non-hydrogen) atoms. The van der Waals surface area contributed by atoms with Crippen LogP contribution in [-0.4, -0.2) is 53.2 Å². The van der Waals surface area contributed by atoms with Crippen LogP contribution < -0.4 is 9.22 Å². The Morgan fingerprint density at radius 1 is 1.11 bits per heavy atom. The van der Waals surface area contributed by atoms with E-state index in [0.29, 0.717) is 17.1 Å². The normalized spacial score (nSPS) is 16.9. The number of carboxylic acid groups (broad SMARTS) is 1. The van der Waals surface area contributed by atoms with E-state index in [-0.39, 0.29) is 24.3 Å². The average molecular weight is 549 g/mol. The summed E-state index contributed by atoms with van der Waals surface area (Å²) in [6, 6.07) is 12.6. The number of hydrogen-bond acceptors (Lipinski definition) is 6. The van der Waals surface area contributed by atoms with Crippen LogP contribution in [-0.2, 0) is 4.74 Å². The van der Waals surface area contributed by atoms with E-state index in [9.17, 15) is 19.5 Å². The molecule has 0 radical (unpaired) electrons. The summed E-state index contributed by atoms with van der Waals surface area (Å²) in [6.45, 7) is 5.50. The molecule has 1 atom stereocenters. The van der Waals surface area contributed by atoms with Gasteiger partial charge in [-0.1, -0.05) is 12.1 Å². The Labute approximate surface area is 225 Å². The lowest BCUT2D eigenvalue weighted by molar-refractivity contribution is 0.0302. The lowest BCUT2D eigenvalue weighted by Crippen LogP contribution is -2.52. The number of carbonyl (C=O) groups is 3. The zero-order valence-electron chi connectivity index (χ0n) is 20.9. The van der Waals surface area contributed by atoms with Crippen LogP contribution >= 0.6 is 23.2 Å². The zero-order chi connectivity index (χ0) is 27.4. The van der Waals surface area contributed by atoms with Gasteiger partial charge in [-0.3, -0.25) is 0 Å². The smallest absolute Gasteiger partial charge is 0.444 e. The molecule has 3 rings (SSSR count). The molecule has 0 aromatic heterocycles. The molecule has 1 unspecified atom stereocenters. The second-order valence-electron chi connectivity index (χ2n) is 9.31. The number of quaternary nitrogens is 1. The highest BCUT2D eigenvalue weighted by molar-refractivity contribution is 6.44. The van der Waals surface area contributed by atoms with Crippen LogP contribution in [0.1, 0.15) is 47.9 Å². The summed E-state index contributed by atoms with van der Waals surface area (Å²) in [5.41, 5.74) is 0.552. The summed E-state index contributed by atoms with van der Waals surface area (Å²) in [6.07, 6.45) is 1.35. The lowest BCUT2D eigenvalue weighted by Gasteiger charge is -2.28. The summed E-state index contributed by atoms with van der Waals surface area (Å²) in [5, 5.41) is 10.2. The fourth-order valence-corrected chi connectivity index (χ4v) is 3.84. The first kappa shape index (κ1) is 28.2. The van der Waals surface area contributed by atoms with Crippen molar-refractivity contribution in [1.82, 2.24) is 9.38 Å². The van der Waals surface area contributed by atoms with Crippen molar-refractivity contribution < 1.29 is 29.0 Å². The highest BCUT2D eigenvalue weighted by Gasteiger charge is 2.46. The number of esters is 1. The van der Waals surface area contributed by atoms with Gasteiger partial charge >= 0.3 is 18.2 Å². The number of ether oxygens (including phenoxy) is 2. The van der Waals surface area contributed by atoms with Gasteiger partial charge in [-0.25, -0.2) is 14.6 Å². The van der Waals surface area contributed by atoms with Crippen LogP contribution in [0, 0.1) is 0 Å². The molecule has 0 bridgehead atoms. The maximum absolute atomic E-state index is 12.6. The molecule has 9 nitrogen and oxygen atoms in total. The van der Waals surface area contributed by atoms with E-state index in [1.807, 2.05) is 0 Å². The van der Waals surface area contributed by atoms with Gasteiger partial charge in [0.25, 0.3) is 0 Å². The van der Waals surface area contributed by atoms with E-state index in [4.69, 9.17) is 32.7 Å². The minimum Gasteiger partial charge on any atom is -0.444 e. The van der Waals surface area contributed by atoms with E-state index >= 15 is 0 Å².